The average Bonchev–Trinajstić information content (AvgIpc) is 2.73. The second-order valence-electron chi connectivity index (χ2n) is 11.9. The Hall–Kier alpha value is -2.57. The molecule has 2 N–H and O–H groups in total. The van der Waals surface area contributed by atoms with Crippen molar-refractivity contribution in [2.24, 2.45) is 5.92 Å². The van der Waals surface area contributed by atoms with Gasteiger partial charge in [-0.25, -0.2) is 4.79 Å². The largest absolute Gasteiger partial charge is 0.444 e. The average molecular weight is 516 g/mol. The van der Waals surface area contributed by atoms with E-state index in [2.05, 4.69) is 23.6 Å². The second-order valence-corrected chi connectivity index (χ2v) is 11.9. The predicted octanol–water partition coefficient (Wildman–Crippen LogP) is 5.97. The van der Waals surface area contributed by atoms with Crippen LogP contribution in [0.3, 0.4) is 0 Å². The summed E-state index contributed by atoms with van der Waals surface area (Å²) in [7, 11) is 0. The van der Waals surface area contributed by atoms with Gasteiger partial charge in [-0.15, -0.1) is 0 Å². The summed E-state index contributed by atoms with van der Waals surface area (Å²) >= 11 is 0. The maximum absolute atomic E-state index is 14.3. The van der Waals surface area contributed by atoms with E-state index in [4.69, 9.17) is 4.74 Å². The molecule has 0 saturated heterocycles. The molecule has 1 aromatic carbocycles. The number of rotatable bonds is 12. The lowest BCUT2D eigenvalue weighted by Gasteiger charge is -2.44. The molecule has 0 aromatic heterocycles. The number of nitrogens with one attached hydrogen (secondary N) is 2. The minimum Gasteiger partial charge on any atom is -0.444 e. The van der Waals surface area contributed by atoms with Gasteiger partial charge in [0.2, 0.25) is 11.8 Å². The zero-order chi connectivity index (χ0) is 27.8. The summed E-state index contributed by atoms with van der Waals surface area (Å²) in [5.74, 6) is -0.226. The summed E-state index contributed by atoms with van der Waals surface area (Å²) in [4.78, 5) is 42.5. The van der Waals surface area contributed by atoms with Crippen LogP contribution in [0, 0.1) is 19.8 Å². The Balaban J connectivity index is 2.47. The molecule has 2 atom stereocenters. The molecule has 0 aliphatic heterocycles. The van der Waals surface area contributed by atoms with Crippen molar-refractivity contribution in [2.45, 2.75) is 124 Å². The van der Waals surface area contributed by atoms with Gasteiger partial charge >= 0.3 is 6.09 Å². The molecule has 3 amide bonds. The van der Waals surface area contributed by atoms with Crippen molar-refractivity contribution in [1.82, 2.24) is 15.5 Å². The van der Waals surface area contributed by atoms with Crippen molar-refractivity contribution in [3.63, 3.8) is 0 Å². The fourth-order valence-electron chi connectivity index (χ4n) is 4.74. The van der Waals surface area contributed by atoms with Gasteiger partial charge in [0.1, 0.15) is 17.7 Å². The number of carbonyl (C=O) groups excluding carboxylic acids is 3. The Morgan fingerprint density at radius 2 is 1.78 bits per heavy atom. The smallest absolute Gasteiger partial charge is 0.408 e. The monoisotopic (exact) mass is 515 g/mol. The standard InChI is InChI=1S/C30H49N3O4/c1-9-10-11-17-31-27(34)26(24-16-15-21(4)19-22(24)5)33(23-13-12-14-23)28(35)25(18-20(2)3)32-29(36)37-30(6,7)8/h15-16,19-20,23,25-26H,9-14,17-18H2,1-8H3,(H,31,34)(H,32,36). The summed E-state index contributed by atoms with van der Waals surface area (Å²) < 4.78 is 5.48. The second kappa shape index (κ2) is 13.8. The molecule has 1 saturated carbocycles. The normalized spacial score (nSPS) is 15.5. The number of amides is 3. The SMILES string of the molecule is CCCCCNC(=O)C(c1ccc(C)cc1C)N(C(=O)C(CC(C)C)NC(=O)OC(C)(C)C)C1CCC1. The topological polar surface area (TPSA) is 87.7 Å². The molecule has 37 heavy (non-hydrogen) atoms. The zero-order valence-electron chi connectivity index (χ0n) is 24.3. The molecule has 0 spiro atoms. The molecule has 208 valence electrons. The Morgan fingerprint density at radius 1 is 1.11 bits per heavy atom. The molecule has 1 fully saturated rings. The van der Waals surface area contributed by atoms with Gasteiger partial charge in [0.05, 0.1) is 0 Å². The highest BCUT2D eigenvalue weighted by atomic mass is 16.6. The van der Waals surface area contributed by atoms with Crippen molar-refractivity contribution < 1.29 is 19.1 Å². The van der Waals surface area contributed by atoms with Crippen LogP contribution in [0.15, 0.2) is 18.2 Å². The van der Waals surface area contributed by atoms with Crippen LogP contribution in [0.5, 0.6) is 0 Å². The number of carbonyl (C=O) groups is 3. The highest BCUT2D eigenvalue weighted by molar-refractivity contribution is 5.92. The lowest BCUT2D eigenvalue weighted by Crippen LogP contribution is -2.57. The lowest BCUT2D eigenvalue weighted by molar-refractivity contribution is -0.147. The summed E-state index contributed by atoms with van der Waals surface area (Å²) in [6, 6.07) is 4.44. The van der Waals surface area contributed by atoms with E-state index >= 15 is 0 Å². The van der Waals surface area contributed by atoms with Crippen molar-refractivity contribution in [1.29, 1.82) is 0 Å². The zero-order valence-corrected chi connectivity index (χ0v) is 24.3. The van der Waals surface area contributed by atoms with Gasteiger partial charge in [0, 0.05) is 12.6 Å². The van der Waals surface area contributed by atoms with Crippen LogP contribution in [-0.4, -0.2) is 47.0 Å². The van der Waals surface area contributed by atoms with Gasteiger partial charge in [-0.1, -0.05) is 57.4 Å². The molecule has 1 aliphatic rings. The molecule has 2 unspecified atom stereocenters. The third-order valence-corrected chi connectivity index (χ3v) is 6.74. The van der Waals surface area contributed by atoms with Crippen LogP contribution in [0.25, 0.3) is 0 Å². The Labute approximate surface area is 224 Å². The molecule has 7 nitrogen and oxygen atoms in total. The maximum Gasteiger partial charge on any atom is 0.408 e. The van der Waals surface area contributed by atoms with Gasteiger partial charge in [0.15, 0.2) is 0 Å². The predicted molar refractivity (Wildman–Crippen MR) is 148 cm³/mol. The van der Waals surface area contributed by atoms with Crippen LogP contribution in [0.4, 0.5) is 4.79 Å². The molecule has 2 rings (SSSR count). The molecular formula is C30H49N3O4. The van der Waals surface area contributed by atoms with Crippen molar-refractivity contribution in [2.75, 3.05) is 6.54 Å². The molecule has 1 aromatic rings. The fraction of sp³-hybridized carbons (Fsp3) is 0.700. The van der Waals surface area contributed by atoms with E-state index in [0.717, 1.165) is 55.2 Å². The van der Waals surface area contributed by atoms with E-state index < -0.39 is 23.8 Å². The van der Waals surface area contributed by atoms with Crippen LogP contribution in [0.1, 0.15) is 109 Å². The third kappa shape index (κ3) is 9.35. The van der Waals surface area contributed by atoms with Crippen LogP contribution >= 0.6 is 0 Å². The van der Waals surface area contributed by atoms with Crippen molar-refractivity contribution in [3.05, 3.63) is 34.9 Å². The molecule has 0 heterocycles. The van der Waals surface area contributed by atoms with E-state index in [0.29, 0.717) is 13.0 Å². The number of hydrogen-bond acceptors (Lipinski definition) is 4. The Bertz CT molecular complexity index is 918. The quantitative estimate of drug-likeness (QED) is 0.336. The van der Waals surface area contributed by atoms with Gasteiger partial charge < -0.3 is 20.3 Å². The first-order valence-electron chi connectivity index (χ1n) is 14.0. The number of benzene rings is 1. The van der Waals surface area contributed by atoms with E-state index in [1.807, 2.05) is 39.8 Å². The van der Waals surface area contributed by atoms with Crippen molar-refractivity contribution >= 4 is 17.9 Å². The van der Waals surface area contributed by atoms with Gasteiger partial charge in [-0.3, -0.25) is 9.59 Å². The molecule has 1 aliphatic carbocycles. The highest BCUT2D eigenvalue weighted by Gasteiger charge is 2.42. The van der Waals surface area contributed by atoms with Gasteiger partial charge in [-0.05, 0) is 83.8 Å². The first-order chi connectivity index (χ1) is 17.3. The van der Waals surface area contributed by atoms with E-state index in [-0.39, 0.29) is 23.8 Å². The first kappa shape index (κ1) is 30.7. The molecule has 0 bridgehead atoms. The molecular weight excluding hydrogens is 466 g/mol. The molecule has 7 heteroatoms. The highest BCUT2D eigenvalue weighted by Crippen LogP contribution is 2.35. The summed E-state index contributed by atoms with van der Waals surface area (Å²) in [6.45, 7) is 16.2. The maximum atomic E-state index is 14.3. The minimum absolute atomic E-state index is 0.0466. The Kier molecular flexibility index (Phi) is 11.5. The number of ether oxygens (including phenoxy) is 1. The fourth-order valence-corrected chi connectivity index (χ4v) is 4.74. The number of aryl methyl sites for hydroxylation is 2. The number of unbranched alkanes of at least 4 members (excludes halogenated alkanes) is 2. The Morgan fingerprint density at radius 3 is 2.30 bits per heavy atom. The van der Waals surface area contributed by atoms with Gasteiger partial charge in [-0.2, -0.15) is 0 Å². The molecule has 0 radical (unpaired) electrons. The minimum atomic E-state index is -0.781. The van der Waals surface area contributed by atoms with E-state index in [1.54, 1.807) is 25.7 Å². The van der Waals surface area contributed by atoms with Crippen molar-refractivity contribution in [3.8, 4) is 0 Å². The number of hydrogen-bond donors (Lipinski definition) is 2. The summed E-state index contributed by atoms with van der Waals surface area (Å²) in [5.41, 5.74) is 2.24. The summed E-state index contributed by atoms with van der Waals surface area (Å²) in [6.07, 6.45) is 5.54. The lowest BCUT2D eigenvalue weighted by atomic mass is 9.86. The first-order valence-corrected chi connectivity index (χ1v) is 14.0. The van der Waals surface area contributed by atoms with E-state index in [1.165, 1.54) is 0 Å². The van der Waals surface area contributed by atoms with Crippen LogP contribution < -0.4 is 10.6 Å². The summed E-state index contributed by atoms with van der Waals surface area (Å²) in [5, 5.41) is 5.94. The van der Waals surface area contributed by atoms with Crippen LogP contribution in [0.2, 0.25) is 0 Å². The van der Waals surface area contributed by atoms with Crippen LogP contribution in [-0.2, 0) is 14.3 Å². The number of nitrogens with zero attached hydrogens (tertiary/aromatic N) is 1. The van der Waals surface area contributed by atoms with Gasteiger partial charge in [0.25, 0.3) is 0 Å². The third-order valence-electron chi connectivity index (χ3n) is 6.74. The number of alkyl carbamates (subject to hydrolysis) is 1. The van der Waals surface area contributed by atoms with E-state index in [9.17, 15) is 14.4 Å².